The highest BCUT2D eigenvalue weighted by Gasteiger charge is 2.37. The number of rotatable bonds is 7. The SMILES string of the molecule is CN1CC[C@@H](NCc2ccc3c(c2)C(=O)N(C2=CC(c4ccc(C#N)cc4-c4nncn4C)=CC(C4CC4)N2)C3)C1=O. The number of dihydropyridines is 1. The lowest BCUT2D eigenvalue weighted by Crippen LogP contribution is -2.40. The van der Waals surface area contributed by atoms with Crippen LogP contribution in [-0.2, 0) is 24.9 Å². The van der Waals surface area contributed by atoms with Crippen LogP contribution in [0.1, 0.15) is 51.9 Å². The molecule has 1 aromatic heterocycles. The summed E-state index contributed by atoms with van der Waals surface area (Å²) in [6.07, 6.45) is 9.00. The van der Waals surface area contributed by atoms with Crippen LogP contribution in [0.25, 0.3) is 17.0 Å². The summed E-state index contributed by atoms with van der Waals surface area (Å²) in [7, 11) is 3.71. The lowest BCUT2D eigenvalue weighted by molar-refractivity contribution is -0.128. The van der Waals surface area contributed by atoms with Gasteiger partial charge in [-0.2, -0.15) is 5.26 Å². The number of hydrogen-bond acceptors (Lipinski definition) is 7. The van der Waals surface area contributed by atoms with Gasteiger partial charge in [-0.15, -0.1) is 10.2 Å². The second kappa shape index (κ2) is 10.3. The van der Waals surface area contributed by atoms with E-state index in [2.05, 4.69) is 33.0 Å². The second-order valence-corrected chi connectivity index (χ2v) is 11.7. The third kappa shape index (κ3) is 4.65. The molecule has 42 heavy (non-hydrogen) atoms. The first-order valence-electron chi connectivity index (χ1n) is 14.4. The summed E-state index contributed by atoms with van der Waals surface area (Å²) >= 11 is 0. The molecule has 1 saturated heterocycles. The van der Waals surface area contributed by atoms with Crippen molar-refractivity contribution in [2.75, 3.05) is 13.6 Å². The molecule has 3 aliphatic heterocycles. The summed E-state index contributed by atoms with van der Waals surface area (Å²) < 4.78 is 1.85. The first-order valence-corrected chi connectivity index (χ1v) is 14.4. The van der Waals surface area contributed by atoms with Crippen molar-refractivity contribution in [2.45, 2.75) is 44.4 Å². The molecule has 2 aromatic carbocycles. The van der Waals surface area contributed by atoms with Crippen LogP contribution in [0.4, 0.5) is 0 Å². The molecular weight excluding hydrogens is 528 g/mol. The molecule has 212 valence electrons. The van der Waals surface area contributed by atoms with Crippen LogP contribution in [0, 0.1) is 17.2 Å². The number of nitriles is 1. The number of aromatic nitrogens is 3. The van der Waals surface area contributed by atoms with E-state index in [9.17, 15) is 14.9 Å². The number of carbonyl (C=O) groups excluding carboxylic acids is 2. The van der Waals surface area contributed by atoms with Crippen molar-refractivity contribution in [3.05, 3.63) is 88.5 Å². The van der Waals surface area contributed by atoms with Crippen molar-refractivity contribution in [3.63, 3.8) is 0 Å². The van der Waals surface area contributed by atoms with E-state index in [1.54, 1.807) is 11.2 Å². The molecule has 1 aliphatic carbocycles. The summed E-state index contributed by atoms with van der Waals surface area (Å²) in [5.74, 6) is 2.05. The van der Waals surface area contributed by atoms with E-state index in [1.807, 2.05) is 66.0 Å². The summed E-state index contributed by atoms with van der Waals surface area (Å²) in [5, 5.41) is 25.0. The zero-order valence-corrected chi connectivity index (χ0v) is 23.7. The van der Waals surface area contributed by atoms with Crippen LogP contribution in [0.5, 0.6) is 0 Å². The number of carbonyl (C=O) groups is 2. The molecule has 1 saturated carbocycles. The van der Waals surface area contributed by atoms with Gasteiger partial charge in [0.05, 0.1) is 24.2 Å². The van der Waals surface area contributed by atoms with Gasteiger partial charge in [-0.1, -0.05) is 24.3 Å². The molecule has 2 atom stereocenters. The lowest BCUT2D eigenvalue weighted by Gasteiger charge is -2.30. The van der Waals surface area contributed by atoms with E-state index < -0.39 is 0 Å². The number of likely N-dealkylation sites (tertiary alicyclic amines) is 1. The van der Waals surface area contributed by atoms with Crippen LogP contribution in [0.2, 0.25) is 0 Å². The highest BCUT2D eigenvalue weighted by atomic mass is 16.2. The van der Waals surface area contributed by atoms with E-state index >= 15 is 0 Å². The third-order valence-corrected chi connectivity index (χ3v) is 8.76. The van der Waals surface area contributed by atoms with Crippen LogP contribution in [0.15, 0.2) is 60.7 Å². The fourth-order valence-corrected chi connectivity index (χ4v) is 6.16. The summed E-state index contributed by atoms with van der Waals surface area (Å²) in [5.41, 5.74) is 5.98. The maximum absolute atomic E-state index is 13.8. The fraction of sp³-hybridized carbons (Fsp3) is 0.344. The molecule has 1 unspecified atom stereocenters. The minimum Gasteiger partial charge on any atom is -0.365 e. The Morgan fingerprint density at radius 1 is 1.07 bits per heavy atom. The maximum Gasteiger partial charge on any atom is 0.260 e. The second-order valence-electron chi connectivity index (χ2n) is 11.7. The average molecular weight is 561 g/mol. The number of aryl methyl sites for hydroxylation is 1. The van der Waals surface area contributed by atoms with Gasteiger partial charge in [0.15, 0.2) is 5.82 Å². The molecule has 0 radical (unpaired) electrons. The fourth-order valence-electron chi connectivity index (χ4n) is 6.16. The quantitative estimate of drug-likeness (QED) is 0.456. The van der Waals surface area contributed by atoms with Crippen molar-refractivity contribution in [3.8, 4) is 17.5 Å². The molecule has 0 spiro atoms. The molecule has 4 heterocycles. The minimum absolute atomic E-state index is 0.0357. The standard InChI is InChI=1S/C32H32N8O2/c1-38-10-9-27(32(38)42)34-16-20-3-5-22-17-40(31(41)25(22)12-20)29-14-23(13-28(36-29)21-6-7-21)24-8-4-19(15-33)11-26(24)30-37-35-18-39(30)2/h3-5,8,11-14,18,21,27-28,34,36H,6-7,9-10,16-17H2,1-2H3/t27-,28?/m1/s1. The first-order chi connectivity index (χ1) is 20.4. The Kier molecular flexibility index (Phi) is 6.39. The van der Waals surface area contributed by atoms with Crippen LogP contribution < -0.4 is 10.6 Å². The minimum atomic E-state index is -0.176. The van der Waals surface area contributed by atoms with Gasteiger partial charge < -0.3 is 20.1 Å². The maximum atomic E-state index is 13.8. The van der Waals surface area contributed by atoms with Crippen molar-refractivity contribution in [1.82, 2.24) is 35.2 Å². The zero-order valence-electron chi connectivity index (χ0n) is 23.7. The molecule has 2 N–H and O–H groups in total. The largest absolute Gasteiger partial charge is 0.365 e. The summed E-state index contributed by atoms with van der Waals surface area (Å²) in [4.78, 5) is 29.7. The van der Waals surface area contributed by atoms with Gasteiger partial charge in [0.2, 0.25) is 5.91 Å². The molecule has 2 fully saturated rings. The first kappa shape index (κ1) is 26.2. The van der Waals surface area contributed by atoms with Gasteiger partial charge in [-0.25, -0.2) is 0 Å². The van der Waals surface area contributed by atoms with Gasteiger partial charge in [0.25, 0.3) is 5.91 Å². The monoisotopic (exact) mass is 560 g/mol. The molecule has 4 aliphatic rings. The van der Waals surface area contributed by atoms with Crippen LogP contribution in [-0.4, -0.2) is 62.1 Å². The Bertz CT molecular complexity index is 1710. The summed E-state index contributed by atoms with van der Waals surface area (Å²) in [6, 6.07) is 13.8. The number of hydrogen-bond donors (Lipinski definition) is 2. The van der Waals surface area contributed by atoms with Gasteiger partial charge in [0, 0.05) is 44.4 Å². The number of benzene rings is 2. The number of allylic oxidation sites excluding steroid dienone is 2. The van der Waals surface area contributed by atoms with Gasteiger partial charge in [-0.3, -0.25) is 14.5 Å². The molecule has 7 rings (SSSR count). The Hall–Kier alpha value is -4.75. The Morgan fingerprint density at radius 3 is 2.64 bits per heavy atom. The highest BCUT2D eigenvalue weighted by Crippen LogP contribution is 2.40. The normalized spacial score (nSPS) is 21.6. The van der Waals surface area contributed by atoms with Crippen molar-refractivity contribution in [1.29, 1.82) is 5.26 Å². The molecule has 10 nitrogen and oxygen atoms in total. The molecule has 3 aromatic rings. The van der Waals surface area contributed by atoms with Gasteiger partial charge >= 0.3 is 0 Å². The van der Waals surface area contributed by atoms with Crippen molar-refractivity contribution < 1.29 is 9.59 Å². The predicted molar refractivity (Wildman–Crippen MR) is 156 cm³/mol. The van der Waals surface area contributed by atoms with Crippen LogP contribution >= 0.6 is 0 Å². The van der Waals surface area contributed by atoms with Crippen LogP contribution in [0.3, 0.4) is 0 Å². The molecular formula is C32H32N8O2. The van der Waals surface area contributed by atoms with E-state index in [1.165, 1.54) is 0 Å². The number of amides is 2. The Morgan fingerprint density at radius 2 is 1.93 bits per heavy atom. The lowest BCUT2D eigenvalue weighted by atomic mass is 9.92. The smallest absolute Gasteiger partial charge is 0.260 e. The molecule has 2 amide bonds. The van der Waals surface area contributed by atoms with E-state index in [0.717, 1.165) is 59.5 Å². The van der Waals surface area contributed by atoms with Gasteiger partial charge in [0.1, 0.15) is 12.1 Å². The third-order valence-electron chi connectivity index (χ3n) is 8.76. The van der Waals surface area contributed by atoms with E-state index in [-0.39, 0.29) is 23.9 Å². The van der Waals surface area contributed by atoms with Crippen molar-refractivity contribution >= 4 is 17.4 Å². The topological polar surface area (TPSA) is 119 Å². The number of nitrogens with one attached hydrogen (secondary N) is 2. The Labute approximate surface area is 244 Å². The van der Waals surface area contributed by atoms with Gasteiger partial charge in [-0.05, 0) is 71.7 Å². The average Bonchev–Trinajstić information content (AvgIpc) is 3.60. The summed E-state index contributed by atoms with van der Waals surface area (Å²) in [6.45, 7) is 1.78. The number of fused-ring (bicyclic) bond motifs is 1. The molecule has 10 heteroatoms. The predicted octanol–water partition coefficient (Wildman–Crippen LogP) is 2.94. The highest BCUT2D eigenvalue weighted by molar-refractivity contribution is 6.00. The van der Waals surface area contributed by atoms with E-state index in [4.69, 9.17) is 0 Å². The Balaban J connectivity index is 1.18. The number of likely N-dealkylation sites (N-methyl/N-ethyl adjacent to an activating group) is 1. The number of nitrogens with zero attached hydrogens (tertiary/aromatic N) is 6. The van der Waals surface area contributed by atoms with E-state index in [0.29, 0.717) is 36.0 Å². The van der Waals surface area contributed by atoms with Crippen molar-refractivity contribution in [2.24, 2.45) is 13.0 Å². The zero-order chi connectivity index (χ0) is 29.0. The molecule has 0 bridgehead atoms.